The fraction of sp³-hybridized carbons (Fsp3) is 0.222. The van der Waals surface area contributed by atoms with Crippen molar-refractivity contribution in [2.75, 3.05) is 12.4 Å². The minimum absolute atomic E-state index is 0.178. The van der Waals surface area contributed by atoms with Gasteiger partial charge in [-0.25, -0.2) is 9.78 Å². The Morgan fingerprint density at radius 2 is 2.00 bits per heavy atom. The molecule has 0 aliphatic rings. The van der Waals surface area contributed by atoms with E-state index in [0.717, 1.165) is 18.8 Å². The third-order valence-electron chi connectivity index (χ3n) is 3.77. The summed E-state index contributed by atoms with van der Waals surface area (Å²) in [6.07, 6.45) is 4.69. The zero-order valence-electron chi connectivity index (χ0n) is 13.9. The smallest absolute Gasteiger partial charge is 0.358 e. The molecule has 0 fully saturated rings. The van der Waals surface area contributed by atoms with Gasteiger partial charge >= 0.3 is 5.97 Å². The molecule has 0 spiro atoms. The molecule has 1 aromatic carbocycles. The number of aromatic nitrogens is 4. The average Bonchev–Trinajstić information content (AvgIpc) is 3.13. The van der Waals surface area contributed by atoms with Crippen LogP contribution < -0.4 is 5.32 Å². The van der Waals surface area contributed by atoms with E-state index in [1.165, 1.54) is 12.7 Å². The van der Waals surface area contributed by atoms with E-state index < -0.39 is 5.97 Å². The molecule has 3 aromatic rings. The molecular formula is C18H19N5O2. The highest BCUT2D eigenvalue weighted by Gasteiger charge is 2.08. The number of benzene rings is 1. The first-order valence-corrected chi connectivity index (χ1v) is 7.96. The molecule has 2 aromatic heterocycles. The van der Waals surface area contributed by atoms with E-state index in [1.54, 1.807) is 18.3 Å². The Balaban J connectivity index is 1.57. The van der Waals surface area contributed by atoms with Crippen molar-refractivity contribution < 1.29 is 9.53 Å². The van der Waals surface area contributed by atoms with Crippen molar-refractivity contribution >= 4 is 11.8 Å². The number of nitrogens with zero attached hydrogens (tertiary/aromatic N) is 4. The van der Waals surface area contributed by atoms with Gasteiger partial charge in [0.2, 0.25) is 0 Å². The summed E-state index contributed by atoms with van der Waals surface area (Å²) >= 11 is 0. The Bertz CT molecular complexity index is 815. The third kappa shape index (κ3) is 4.41. The molecule has 128 valence electrons. The van der Waals surface area contributed by atoms with Crippen molar-refractivity contribution in [3.05, 3.63) is 71.9 Å². The van der Waals surface area contributed by atoms with E-state index in [1.807, 2.05) is 24.4 Å². The van der Waals surface area contributed by atoms with Gasteiger partial charge in [-0.15, -0.1) is 10.2 Å². The molecule has 2 heterocycles. The van der Waals surface area contributed by atoms with Gasteiger partial charge in [-0.2, -0.15) is 0 Å². The lowest BCUT2D eigenvalue weighted by Gasteiger charge is -2.09. The zero-order chi connectivity index (χ0) is 17.5. The number of methoxy groups -OCH3 is 1. The molecule has 7 nitrogen and oxygen atoms in total. The van der Waals surface area contributed by atoms with Crippen LogP contribution in [0.2, 0.25) is 0 Å². The highest BCUT2D eigenvalue weighted by Crippen LogP contribution is 2.08. The van der Waals surface area contributed by atoms with E-state index in [9.17, 15) is 4.79 Å². The molecule has 0 aliphatic heterocycles. The number of ether oxygens (including phenoxy) is 1. The molecule has 0 atom stereocenters. The summed E-state index contributed by atoms with van der Waals surface area (Å²) < 4.78 is 6.71. The molecule has 25 heavy (non-hydrogen) atoms. The van der Waals surface area contributed by atoms with Gasteiger partial charge in [-0.3, -0.25) is 0 Å². The Morgan fingerprint density at radius 1 is 1.16 bits per heavy atom. The molecule has 0 radical (unpaired) electrons. The first-order valence-electron chi connectivity index (χ1n) is 7.96. The van der Waals surface area contributed by atoms with Crippen molar-refractivity contribution in [3.63, 3.8) is 0 Å². The fourth-order valence-electron chi connectivity index (χ4n) is 2.41. The molecule has 0 saturated heterocycles. The number of nitrogens with one attached hydrogen (secondary N) is 1. The number of carbonyl (C=O) groups excluding carboxylic acids is 1. The molecule has 0 saturated carbocycles. The number of hydrogen-bond donors (Lipinski definition) is 1. The van der Waals surface area contributed by atoms with Crippen molar-refractivity contribution in [2.45, 2.75) is 19.5 Å². The van der Waals surface area contributed by atoms with Crippen LogP contribution in [0.3, 0.4) is 0 Å². The van der Waals surface area contributed by atoms with Crippen molar-refractivity contribution in [1.29, 1.82) is 0 Å². The Kier molecular flexibility index (Phi) is 5.36. The number of aryl methyl sites for hydroxylation is 2. The van der Waals surface area contributed by atoms with Gasteiger partial charge in [0.05, 0.1) is 13.7 Å². The second-order valence-electron chi connectivity index (χ2n) is 5.42. The number of esters is 1. The average molecular weight is 337 g/mol. The number of rotatable bonds is 7. The predicted molar refractivity (Wildman–Crippen MR) is 93.1 cm³/mol. The van der Waals surface area contributed by atoms with Crippen molar-refractivity contribution in [3.8, 4) is 0 Å². The minimum Gasteiger partial charge on any atom is -0.464 e. The third-order valence-corrected chi connectivity index (χ3v) is 3.77. The number of imidazole rings is 1. The zero-order valence-corrected chi connectivity index (χ0v) is 13.9. The predicted octanol–water partition coefficient (Wildman–Crippen LogP) is 2.31. The van der Waals surface area contributed by atoms with Crippen molar-refractivity contribution in [1.82, 2.24) is 19.7 Å². The topological polar surface area (TPSA) is 81.9 Å². The lowest BCUT2D eigenvalue weighted by atomic mass is 10.1. The second kappa shape index (κ2) is 8.05. The number of carbonyl (C=O) groups is 1. The summed E-state index contributed by atoms with van der Waals surface area (Å²) in [6, 6.07) is 13.6. The largest absolute Gasteiger partial charge is 0.464 e. The second-order valence-corrected chi connectivity index (χ2v) is 5.42. The highest BCUT2D eigenvalue weighted by atomic mass is 16.5. The van der Waals surface area contributed by atoms with Crippen LogP contribution in [0.15, 0.2) is 54.9 Å². The van der Waals surface area contributed by atoms with Crippen LogP contribution in [0.25, 0.3) is 0 Å². The molecule has 0 unspecified atom stereocenters. The van der Waals surface area contributed by atoms with Crippen molar-refractivity contribution in [2.24, 2.45) is 0 Å². The van der Waals surface area contributed by atoms with Gasteiger partial charge in [0.1, 0.15) is 11.6 Å². The van der Waals surface area contributed by atoms with Crippen LogP contribution >= 0.6 is 0 Å². The SMILES string of the molecule is COC(=O)c1ccc(NCc2nccn2CCc2ccccc2)nn1. The van der Waals surface area contributed by atoms with Crippen LogP contribution in [0.5, 0.6) is 0 Å². The summed E-state index contributed by atoms with van der Waals surface area (Å²) in [5.74, 6) is 0.982. The van der Waals surface area contributed by atoms with Gasteiger partial charge in [0.25, 0.3) is 0 Å². The van der Waals surface area contributed by atoms with Gasteiger partial charge in [0, 0.05) is 18.9 Å². The number of anilines is 1. The fourth-order valence-corrected chi connectivity index (χ4v) is 2.41. The Morgan fingerprint density at radius 3 is 2.72 bits per heavy atom. The lowest BCUT2D eigenvalue weighted by Crippen LogP contribution is -2.12. The first kappa shape index (κ1) is 16.6. The van der Waals surface area contributed by atoms with Crippen LogP contribution in [-0.4, -0.2) is 32.8 Å². The first-order chi connectivity index (χ1) is 12.3. The molecule has 0 bridgehead atoms. The summed E-state index contributed by atoms with van der Waals surface area (Å²) in [6.45, 7) is 1.38. The molecule has 1 N–H and O–H groups in total. The van der Waals surface area contributed by atoms with E-state index in [-0.39, 0.29) is 5.69 Å². The van der Waals surface area contributed by atoms with Gasteiger partial charge in [-0.1, -0.05) is 30.3 Å². The van der Waals surface area contributed by atoms with E-state index in [2.05, 4.69) is 41.9 Å². The maximum absolute atomic E-state index is 11.3. The maximum Gasteiger partial charge on any atom is 0.358 e. The van der Waals surface area contributed by atoms with Gasteiger partial charge < -0.3 is 14.6 Å². The summed E-state index contributed by atoms with van der Waals surface area (Å²) in [5.41, 5.74) is 1.47. The molecule has 0 aliphatic carbocycles. The summed E-state index contributed by atoms with van der Waals surface area (Å²) in [4.78, 5) is 15.7. The van der Waals surface area contributed by atoms with Crippen LogP contribution in [-0.2, 0) is 24.2 Å². The van der Waals surface area contributed by atoms with Crippen LogP contribution in [0.4, 0.5) is 5.82 Å². The minimum atomic E-state index is -0.504. The van der Waals surface area contributed by atoms with Gasteiger partial charge in [0.15, 0.2) is 5.69 Å². The lowest BCUT2D eigenvalue weighted by molar-refractivity contribution is 0.0593. The standard InChI is InChI=1S/C18H19N5O2/c1-25-18(24)15-7-8-16(22-21-15)20-13-17-19-10-12-23(17)11-9-14-5-3-2-4-6-14/h2-8,10,12H,9,11,13H2,1H3,(H,20,22). The van der Waals surface area contributed by atoms with Gasteiger partial charge in [-0.05, 0) is 24.1 Å². The number of hydrogen-bond acceptors (Lipinski definition) is 6. The summed E-state index contributed by atoms with van der Waals surface area (Å²) in [5, 5.41) is 11.0. The summed E-state index contributed by atoms with van der Waals surface area (Å²) in [7, 11) is 1.31. The quantitative estimate of drug-likeness (QED) is 0.666. The highest BCUT2D eigenvalue weighted by molar-refractivity contribution is 5.86. The maximum atomic E-state index is 11.3. The van der Waals surface area contributed by atoms with E-state index in [0.29, 0.717) is 12.4 Å². The molecule has 0 amide bonds. The molecular weight excluding hydrogens is 318 g/mol. The molecule has 3 rings (SSSR count). The molecule has 7 heteroatoms. The van der Waals surface area contributed by atoms with Crippen LogP contribution in [0, 0.1) is 0 Å². The van der Waals surface area contributed by atoms with Crippen LogP contribution in [0.1, 0.15) is 21.9 Å². The normalized spacial score (nSPS) is 10.4. The Hall–Kier alpha value is -3.22. The Labute approximate surface area is 145 Å². The van der Waals surface area contributed by atoms with E-state index >= 15 is 0 Å². The van der Waals surface area contributed by atoms with E-state index in [4.69, 9.17) is 0 Å². The monoisotopic (exact) mass is 337 g/mol.